The summed E-state index contributed by atoms with van der Waals surface area (Å²) in [6.07, 6.45) is 5.93. The number of nitrogens with zero attached hydrogens (tertiary/aromatic N) is 2. The molecule has 3 saturated heterocycles. The topological polar surface area (TPSA) is 44.8 Å². The van der Waals surface area contributed by atoms with Gasteiger partial charge in [-0.15, -0.1) is 24.8 Å². The van der Waals surface area contributed by atoms with E-state index in [1.807, 2.05) is 0 Å². The highest BCUT2D eigenvalue weighted by atomic mass is 35.5. The first-order valence-corrected chi connectivity index (χ1v) is 9.56. The minimum absolute atomic E-state index is 0. The standard InChI is InChI=1S/C18H31N3O2.2ClH/c22-17(16-13-18(16)3-5-19-6-4-18)21-7-1-15(2-8-21)14-20-9-11-23-12-10-20;;/h15-16,19H,1-14H2;2*1H. The van der Waals surface area contributed by atoms with Crippen LogP contribution in [0.15, 0.2) is 0 Å². The molecular formula is C18H33Cl2N3O2. The van der Waals surface area contributed by atoms with E-state index in [4.69, 9.17) is 4.74 Å². The van der Waals surface area contributed by atoms with Crippen LogP contribution in [0.1, 0.15) is 32.1 Å². The molecule has 1 unspecified atom stereocenters. The Morgan fingerprint density at radius 1 is 1.04 bits per heavy atom. The number of piperidine rings is 2. The number of rotatable bonds is 3. The highest BCUT2D eigenvalue weighted by molar-refractivity contribution is 5.85. The first-order valence-electron chi connectivity index (χ1n) is 9.56. The molecule has 25 heavy (non-hydrogen) atoms. The van der Waals surface area contributed by atoms with E-state index >= 15 is 0 Å². The molecule has 0 aromatic carbocycles. The Morgan fingerprint density at radius 3 is 2.32 bits per heavy atom. The summed E-state index contributed by atoms with van der Waals surface area (Å²) in [6.45, 7) is 9.31. The van der Waals surface area contributed by atoms with Crippen LogP contribution in [0.25, 0.3) is 0 Å². The van der Waals surface area contributed by atoms with E-state index in [0.29, 0.717) is 17.2 Å². The smallest absolute Gasteiger partial charge is 0.226 e. The van der Waals surface area contributed by atoms with Crippen LogP contribution in [-0.2, 0) is 9.53 Å². The third-order valence-electron chi connectivity index (χ3n) is 6.63. The summed E-state index contributed by atoms with van der Waals surface area (Å²) in [5, 5.41) is 3.43. The van der Waals surface area contributed by atoms with Gasteiger partial charge in [-0.05, 0) is 56.5 Å². The van der Waals surface area contributed by atoms with Gasteiger partial charge in [0.15, 0.2) is 0 Å². The lowest BCUT2D eigenvalue weighted by Gasteiger charge is -2.36. The minimum atomic E-state index is 0. The molecule has 0 radical (unpaired) electrons. The zero-order valence-corrected chi connectivity index (χ0v) is 16.7. The molecule has 0 aromatic rings. The van der Waals surface area contributed by atoms with Crippen LogP contribution in [-0.4, -0.2) is 74.7 Å². The molecule has 7 heteroatoms. The first kappa shape index (κ1) is 21.2. The molecular weight excluding hydrogens is 361 g/mol. The Balaban J connectivity index is 0.00000113. The third kappa shape index (κ3) is 4.81. The van der Waals surface area contributed by atoms with Crippen molar-refractivity contribution in [1.82, 2.24) is 15.1 Å². The summed E-state index contributed by atoms with van der Waals surface area (Å²) >= 11 is 0. The molecule has 3 heterocycles. The lowest BCUT2D eigenvalue weighted by Crippen LogP contribution is -2.45. The van der Waals surface area contributed by atoms with Gasteiger partial charge >= 0.3 is 0 Å². The van der Waals surface area contributed by atoms with Crippen molar-refractivity contribution >= 4 is 30.7 Å². The lowest BCUT2D eigenvalue weighted by molar-refractivity contribution is -0.135. The summed E-state index contributed by atoms with van der Waals surface area (Å²) in [7, 11) is 0. The summed E-state index contributed by atoms with van der Waals surface area (Å²) in [5.41, 5.74) is 0.382. The van der Waals surface area contributed by atoms with Gasteiger partial charge in [0.25, 0.3) is 0 Å². The van der Waals surface area contributed by atoms with Crippen molar-refractivity contribution in [2.24, 2.45) is 17.3 Å². The lowest BCUT2D eigenvalue weighted by atomic mass is 9.90. The van der Waals surface area contributed by atoms with Gasteiger partial charge in [0.05, 0.1) is 13.2 Å². The summed E-state index contributed by atoms with van der Waals surface area (Å²) in [6, 6.07) is 0. The van der Waals surface area contributed by atoms with Crippen LogP contribution < -0.4 is 5.32 Å². The number of nitrogens with one attached hydrogen (secondary N) is 1. The Labute approximate surface area is 164 Å². The summed E-state index contributed by atoms with van der Waals surface area (Å²) in [5.74, 6) is 1.58. The molecule has 4 rings (SSSR count). The van der Waals surface area contributed by atoms with Crippen molar-refractivity contribution < 1.29 is 9.53 Å². The molecule has 5 nitrogen and oxygen atoms in total. The molecule has 4 fully saturated rings. The van der Waals surface area contributed by atoms with Crippen LogP contribution in [0.3, 0.4) is 0 Å². The maximum atomic E-state index is 12.8. The molecule has 0 bridgehead atoms. The maximum absolute atomic E-state index is 12.8. The number of hydrogen-bond acceptors (Lipinski definition) is 4. The van der Waals surface area contributed by atoms with E-state index < -0.39 is 0 Å². The molecule has 1 saturated carbocycles. The van der Waals surface area contributed by atoms with E-state index in [1.165, 1.54) is 32.2 Å². The zero-order chi connectivity index (χ0) is 15.7. The minimum Gasteiger partial charge on any atom is -0.379 e. The van der Waals surface area contributed by atoms with Gasteiger partial charge in [-0.25, -0.2) is 0 Å². The molecule has 1 spiro atoms. The van der Waals surface area contributed by atoms with Gasteiger partial charge in [-0.3, -0.25) is 9.69 Å². The molecule has 146 valence electrons. The average Bonchev–Trinajstić information content (AvgIpc) is 3.29. The highest BCUT2D eigenvalue weighted by Gasteiger charge is 2.58. The van der Waals surface area contributed by atoms with Crippen molar-refractivity contribution in [2.45, 2.75) is 32.1 Å². The SMILES string of the molecule is Cl.Cl.O=C(C1CC12CCNCC2)N1CCC(CN2CCOCC2)CC1. The Kier molecular flexibility index (Phi) is 7.84. The van der Waals surface area contributed by atoms with Gasteiger partial charge in [-0.2, -0.15) is 0 Å². The number of likely N-dealkylation sites (tertiary alicyclic amines) is 1. The fourth-order valence-corrected chi connectivity index (χ4v) is 4.88. The van der Waals surface area contributed by atoms with Crippen LogP contribution in [0.2, 0.25) is 0 Å². The molecule has 4 aliphatic rings. The molecule has 1 N–H and O–H groups in total. The van der Waals surface area contributed by atoms with Crippen LogP contribution in [0.4, 0.5) is 0 Å². The van der Waals surface area contributed by atoms with Crippen LogP contribution in [0, 0.1) is 17.3 Å². The largest absolute Gasteiger partial charge is 0.379 e. The number of amides is 1. The van der Waals surface area contributed by atoms with Gasteiger partial charge < -0.3 is 15.0 Å². The molecule has 1 amide bonds. The van der Waals surface area contributed by atoms with Crippen molar-refractivity contribution in [1.29, 1.82) is 0 Å². The number of morpholine rings is 1. The van der Waals surface area contributed by atoms with Gasteiger partial charge in [-0.1, -0.05) is 0 Å². The van der Waals surface area contributed by atoms with Gasteiger partial charge in [0, 0.05) is 38.6 Å². The Morgan fingerprint density at radius 2 is 1.68 bits per heavy atom. The monoisotopic (exact) mass is 393 g/mol. The summed E-state index contributed by atoms with van der Waals surface area (Å²) in [4.78, 5) is 17.5. The second-order valence-electron chi connectivity index (χ2n) is 8.05. The average molecular weight is 394 g/mol. The van der Waals surface area contributed by atoms with E-state index in [0.717, 1.165) is 64.8 Å². The van der Waals surface area contributed by atoms with Crippen molar-refractivity contribution in [3.63, 3.8) is 0 Å². The Hall–Kier alpha value is -0.0700. The van der Waals surface area contributed by atoms with Crippen LogP contribution in [0.5, 0.6) is 0 Å². The molecule has 1 aliphatic carbocycles. The number of ether oxygens (including phenoxy) is 1. The third-order valence-corrected chi connectivity index (χ3v) is 6.63. The Bertz CT molecular complexity index is 432. The number of carbonyl (C=O) groups is 1. The second kappa shape index (κ2) is 9.23. The highest BCUT2D eigenvalue weighted by Crippen LogP contribution is 2.59. The molecule has 0 aromatic heterocycles. The van der Waals surface area contributed by atoms with E-state index in [2.05, 4.69) is 15.1 Å². The number of halogens is 2. The van der Waals surface area contributed by atoms with E-state index in [9.17, 15) is 4.79 Å². The quantitative estimate of drug-likeness (QED) is 0.793. The summed E-state index contributed by atoms with van der Waals surface area (Å²) < 4.78 is 5.43. The maximum Gasteiger partial charge on any atom is 0.226 e. The van der Waals surface area contributed by atoms with Gasteiger partial charge in [0.1, 0.15) is 0 Å². The van der Waals surface area contributed by atoms with E-state index in [1.54, 1.807) is 0 Å². The second-order valence-corrected chi connectivity index (χ2v) is 8.05. The van der Waals surface area contributed by atoms with Crippen molar-refractivity contribution in [3.05, 3.63) is 0 Å². The predicted molar refractivity (Wildman–Crippen MR) is 104 cm³/mol. The zero-order valence-electron chi connectivity index (χ0n) is 15.1. The van der Waals surface area contributed by atoms with Gasteiger partial charge in [0.2, 0.25) is 5.91 Å². The van der Waals surface area contributed by atoms with E-state index in [-0.39, 0.29) is 24.8 Å². The number of hydrogen-bond donors (Lipinski definition) is 1. The van der Waals surface area contributed by atoms with Crippen LogP contribution >= 0.6 is 24.8 Å². The fourth-order valence-electron chi connectivity index (χ4n) is 4.88. The fraction of sp³-hybridized carbons (Fsp3) is 0.944. The molecule has 3 aliphatic heterocycles. The van der Waals surface area contributed by atoms with Crippen molar-refractivity contribution in [2.75, 3.05) is 59.0 Å². The predicted octanol–water partition coefficient (Wildman–Crippen LogP) is 1.79. The molecule has 1 atom stereocenters. The normalized spacial score (nSPS) is 29.6. The first-order chi connectivity index (χ1) is 11.3. The number of carbonyl (C=O) groups excluding carboxylic acids is 1. The van der Waals surface area contributed by atoms with Crippen molar-refractivity contribution in [3.8, 4) is 0 Å².